The van der Waals surface area contributed by atoms with Crippen LogP contribution in [0.5, 0.6) is 0 Å². The molecule has 0 bridgehead atoms. The summed E-state index contributed by atoms with van der Waals surface area (Å²) in [6.07, 6.45) is 0. The Balaban J connectivity index is 3.42. The maximum Gasteiger partial charge on any atom is 0.339 e. The third-order valence-corrected chi connectivity index (χ3v) is 1.54. The molecular weight excluding hydrogens is 190 g/mol. The Kier molecular flexibility index (Phi) is 2.24. The minimum atomic E-state index is -1.35. The van der Waals surface area contributed by atoms with Gasteiger partial charge < -0.3 is 21.7 Å². The van der Waals surface area contributed by atoms with E-state index < -0.39 is 11.9 Å². The zero-order valence-electron chi connectivity index (χ0n) is 6.89. The van der Waals surface area contributed by atoms with Gasteiger partial charge in [0.2, 0.25) is 0 Å². The molecule has 0 atom stereocenters. The molecule has 74 valence electrons. The zero-order chi connectivity index (χ0) is 10.9. The van der Waals surface area contributed by atoms with E-state index in [-0.39, 0.29) is 22.8 Å². The van der Waals surface area contributed by atoms with Gasteiger partial charge >= 0.3 is 11.9 Å². The Morgan fingerprint density at radius 3 is 1.71 bits per heavy atom. The molecule has 0 saturated carbocycles. The zero-order valence-corrected chi connectivity index (χ0v) is 6.89. The summed E-state index contributed by atoms with van der Waals surface area (Å²) in [7, 11) is 0. The van der Waals surface area contributed by atoms with Crippen LogP contribution < -0.4 is 11.5 Å². The van der Waals surface area contributed by atoms with Crippen molar-refractivity contribution < 1.29 is 19.8 Å². The molecule has 0 aliphatic carbocycles. The highest BCUT2D eigenvalue weighted by atomic mass is 16.4. The molecule has 0 aliphatic rings. The fourth-order valence-electron chi connectivity index (χ4n) is 0.885. The first-order chi connectivity index (χ1) is 6.43. The van der Waals surface area contributed by atoms with Crippen molar-refractivity contribution in [1.29, 1.82) is 0 Å². The molecule has 6 N–H and O–H groups in total. The van der Waals surface area contributed by atoms with Gasteiger partial charge in [-0.2, -0.15) is 0 Å². The molecule has 1 heterocycles. The van der Waals surface area contributed by atoms with Crippen LogP contribution in [-0.2, 0) is 0 Å². The average Bonchev–Trinajstić information content (AvgIpc) is 2.02. The van der Waals surface area contributed by atoms with Crippen molar-refractivity contribution in [3.8, 4) is 0 Å². The number of hydrogen-bond donors (Lipinski definition) is 4. The second-order valence-corrected chi connectivity index (χ2v) is 2.46. The van der Waals surface area contributed by atoms with E-state index in [4.69, 9.17) is 21.7 Å². The number of aromatic nitrogens is 1. The molecular formula is C7H7N3O4. The number of pyridine rings is 1. The van der Waals surface area contributed by atoms with Gasteiger partial charge in [-0.25, -0.2) is 14.6 Å². The lowest BCUT2D eigenvalue weighted by atomic mass is 10.1. The molecule has 0 saturated heterocycles. The molecule has 1 rings (SSSR count). The molecule has 0 radical (unpaired) electrons. The molecule has 14 heavy (non-hydrogen) atoms. The highest BCUT2D eigenvalue weighted by Gasteiger charge is 2.16. The Hall–Kier alpha value is -2.31. The summed E-state index contributed by atoms with van der Waals surface area (Å²) in [5.74, 6) is -3.31. The summed E-state index contributed by atoms with van der Waals surface area (Å²) >= 11 is 0. The van der Waals surface area contributed by atoms with E-state index in [2.05, 4.69) is 4.98 Å². The van der Waals surface area contributed by atoms with E-state index in [1.54, 1.807) is 0 Å². The standard InChI is InChI=1S/C7H7N3O4/c8-4-2(6(11)12)1-3(7(13)14)5(9)10-4/h1H,(H,11,12)(H,13,14)(H4,8,9,10). The summed E-state index contributed by atoms with van der Waals surface area (Å²) in [5, 5.41) is 17.2. The van der Waals surface area contributed by atoms with Gasteiger partial charge in [0.1, 0.15) is 22.8 Å². The van der Waals surface area contributed by atoms with Crippen molar-refractivity contribution in [2.75, 3.05) is 11.5 Å². The third kappa shape index (κ3) is 1.56. The normalized spacial score (nSPS) is 9.71. The quantitative estimate of drug-likeness (QED) is 0.507. The largest absolute Gasteiger partial charge is 0.478 e. The van der Waals surface area contributed by atoms with Crippen LogP contribution in [0.1, 0.15) is 20.7 Å². The molecule has 0 amide bonds. The average molecular weight is 197 g/mol. The van der Waals surface area contributed by atoms with Crippen LogP contribution in [0.25, 0.3) is 0 Å². The number of anilines is 2. The Morgan fingerprint density at radius 1 is 1.07 bits per heavy atom. The first-order valence-corrected chi connectivity index (χ1v) is 3.46. The van der Waals surface area contributed by atoms with Gasteiger partial charge in [0.15, 0.2) is 0 Å². The number of carboxylic acid groups (broad SMARTS) is 2. The fourth-order valence-corrected chi connectivity index (χ4v) is 0.885. The number of nitrogen functional groups attached to an aromatic ring is 2. The van der Waals surface area contributed by atoms with Crippen LogP contribution >= 0.6 is 0 Å². The van der Waals surface area contributed by atoms with Crippen molar-refractivity contribution in [3.05, 3.63) is 17.2 Å². The molecule has 1 aromatic rings. The summed E-state index contributed by atoms with van der Waals surface area (Å²) in [6, 6.07) is 0.877. The summed E-state index contributed by atoms with van der Waals surface area (Å²) in [5.41, 5.74) is 9.70. The maximum absolute atomic E-state index is 10.6. The monoisotopic (exact) mass is 197 g/mol. The van der Waals surface area contributed by atoms with Crippen LogP contribution in [0.2, 0.25) is 0 Å². The predicted octanol–water partition coefficient (Wildman–Crippen LogP) is -0.358. The van der Waals surface area contributed by atoms with E-state index >= 15 is 0 Å². The number of carboxylic acids is 2. The van der Waals surface area contributed by atoms with E-state index in [1.165, 1.54) is 0 Å². The smallest absolute Gasteiger partial charge is 0.339 e. The Morgan fingerprint density at radius 2 is 1.43 bits per heavy atom. The van der Waals surface area contributed by atoms with Crippen molar-refractivity contribution in [2.45, 2.75) is 0 Å². The fraction of sp³-hybridized carbons (Fsp3) is 0. The topological polar surface area (TPSA) is 140 Å². The number of carbonyl (C=O) groups is 2. The lowest BCUT2D eigenvalue weighted by Crippen LogP contribution is -2.11. The van der Waals surface area contributed by atoms with Gasteiger partial charge in [0, 0.05) is 0 Å². The van der Waals surface area contributed by atoms with Crippen molar-refractivity contribution in [1.82, 2.24) is 4.98 Å². The Labute approximate surface area is 78.0 Å². The molecule has 7 heteroatoms. The van der Waals surface area contributed by atoms with E-state index in [0.717, 1.165) is 6.07 Å². The van der Waals surface area contributed by atoms with Gasteiger partial charge in [0.05, 0.1) is 0 Å². The van der Waals surface area contributed by atoms with Crippen LogP contribution in [0.15, 0.2) is 6.07 Å². The van der Waals surface area contributed by atoms with Gasteiger partial charge in [-0.3, -0.25) is 0 Å². The number of aromatic carboxylic acids is 2. The number of rotatable bonds is 2. The molecule has 0 unspecified atom stereocenters. The van der Waals surface area contributed by atoms with Crippen LogP contribution in [0.3, 0.4) is 0 Å². The van der Waals surface area contributed by atoms with Crippen LogP contribution in [0, 0.1) is 0 Å². The van der Waals surface area contributed by atoms with Gasteiger partial charge in [-0.1, -0.05) is 0 Å². The number of nitrogens with zero attached hydrogens (tertiary/aromatic N) is 1. The minimum absolute atomic E-state index is 0.306. The maximum atomic E-state index is 10.6. The molecule has 0 fully saturated rings. The van der Waals surface area contributed by atoms with Crippen molar-refractivity contribution in [3.63, 3.8) is 0 Å². The van der Waals surface area contributed by atoms with Gasteiger partial charge in [-0.05, 0) is 6.07 Å². The highest BCUT2D eigenvalue weighted by Crippen LogP contribution is 2.16. The second kappa shape index (κ2) is 3.21. The second-order valence-electron chi connectivity index (χ2n) is 2.46. The van der Waals surface area contributed by atoms with E-state index in [1.807, 2.05) is 0 Å². The number of nitrogens with two attached hydrogens (primary N) is 2. The van der Waals surface area contributed by atoms with Gasteiger partial charge in [0.25, 0.3) is 0 Å². The van der Waals surface area contributed by atoms with E-state index in [0.29, 0.717) is 0 Å². The SMILES string of the molecule is Nc1nc(N)c(C(=O)O)cc1C(=O)O. The summed E-state index contributed by atoms with van der Waals surface area (Å²) in [4.78, 5) is 24.5. The van der Waals surface area contributed by atoms with E-state index in [9.17, 15) is 9.59 Å². The number of hydrogen-bond acceptors (Lipinski definition) is 5. The third-order valence-electron chi connectivity index (χ3n) is 1.54. The van der Waals surface area contributed by atoms with Crippen molar-refractivity contribution >= 4 is 23.6 Å². The first kappa shape index (κ1) is 9.78. The van der Waals surface area contributed by atoms with Gasteiger partial charge in [-0.15, -0.1) is 0 Å². The van der Waals surface area contributed by atoms with Crippen LogP contribution in [-0.4, -0.2) is 27.1 Å². The summed E-state index contributed by atoms with van der Waals surface area (Å²) < 4.78 is 0. The predicted molar refractivity (Wildman–Crippen MR) is 47.0 cm³/mol. The van der Waals surface area contributed by atoms with Crippen LogP contribution in [0.4, 0.5) is 11.6 Å². The lowest BCUT2D eigenvalue weighted by Gasteiger charge is -2.04. The Bertz CT molecular complexity index is 380. The molecule has 0 aromatic carbocycles. The minimum Gasteiger partial charge on any atom is -0.478 e. The first-order valence-electron chi connectivity index (χ1n) is 3.46. The summed E-state index contributed by atoms with van der Waals surface area (Å²) in [6.45, 7) is 0. The molecule has 0 aliphatic heterocycles. The molecule has 1 aromatic heterocycles. The van der Waals surface area contributed by atoms with Crippen molar-refractivity contribution in [2.24, 2.45) is 0 Å². The highest BCUT2D eigenvalue weighted by molar-refractivity contribution is 5.99. The molecule has 0 spiro atoms. The molecule has 7 nitrogen and oxygen atoms in total. The lowest BCUT2D eigenvalue weighted by molar-refractivity contribution is 0.0696.